The van der Waals surface area contributed by atoms with Crippen molar-refractivity contribution in [3.63, 3.8) is 0 Å². The van der Waals surface area contributed by atoms with E-state index >= 15 is 0 Å². The fourth-order valence-electron chi connectivity index (χ4n) is 2.74. The first-order valence-corrected chi connectivity index (χ1v) is 8.54. The molecule has 6 nitrogen and oxygen atoms in total. The quantitative estimate of drug-likeness (QED) is 0.900. The second-order valence-corrected chi connectivity index (χ2v) is 6.35. The normalized spacial score (nSPS) is 15.5. The van der Waals surface area contributed by atoms with Crippen LogP contribution in [0.5, 0.6) is 0 Å². The second-order valence-electron chi connectivity index (χ2n) is 5.91. The van der Waals surface area contributed by atoms with Crippen LogP contribution in [0.4, 0.5) is 4.79 Å². The SMILES string of the molecule is O=C(NCc1ccc(Cl)cc1)N1CCN(CCn2ccnc2)CC1. The van der Waals surface area contributed by atoms with Crippen LogP contribution in [-0.4, -0.2) is 58.1 Å². The summed E-state index contributed by atoms with van der Waals surface area (Å²) in [5.74, 6) is 0. The predicted molar refractivity (Wildman–Crippen MR) is 93.9 cm³/mol. The summed E-state index contributed by atoms with van der Waals surface area (Å²) >= 11 is 5.86. The van der Waals surface area contributed by atoms with Crippen molar-refractivity contribution < 1.29 is 4.79 Å². The molecule has 1 saturated heterocycles. The van der Waals surface area contributed by atoms with E-state index in [4.69, 9.17) is 11.6 Å². The molecule has 128 valence electrons. The van der Waals surface area contributed by atoms with E-state index in [1.54, 1.807) is 6.20 Å². The summed E-state index contributed by atoms with van der Waals surface area (Å²) in [6.45, 7) is 5.77. The number of hydrogen-bond acceptors (Lipinski definition) is 3. The van der Waals surface area contributed by atoms with E-state index in [-0.39, 0.29) is 6.03 Å². The van der Waals surface area contributed by atoms with E-state index < -0.39 is 0 Å². The third kappa shape index (κ3) is 4.72. The van der Waals surface area contributed by atoms with E-state index in [2.05, 4.69) is 19.8 Å². The molecule has 0 bridgehead atoms. The van der Waals surface area contributed by atoms with Gasteiger partial charge in [-0.2, -0.15) is 0 Å². The third-order valence-electron chi connectivity index (χ3n) is 4.25. The third-order valence-corrected chi connectivity index (χ3v) is 4.50. The summed E-state index contributed by atoms with van der Waals surface area (Å²) in [5, 5.41) is 3.68. The molecular formula is C17H22ClN5O. The molecule has 0 atom stereocenters. The number of hydrogen-bond donors (Lipinski definition) is 1. The van der Waals surface area contributed by atoms with Gasteiger partial charge in [0.2, 0.25) is 0 Å². The highest BCUT2D eigenvalue weighted by atomic mass is 35.5. The number of carbonyl (C=O) groups excluding carboxylic acids is 1. The van der Waals surface area contributed by atoms with Gasteiger partial charge in [-0.1, -0.05) is 23.7 Å². The molecule has 0 aliphatic carbocycles. The number of benzene rings is 1. The highest BCUT2D eigenvalue weighted by Gasteiger charge is 2.20. The Morgan fingerprint density at radius 1 is 1.12 bits per heavy atom. The molecule has 0 radical (unpaired) electrons. The van der Waals surface area contributed by atoms with Crippen LogP contribution in [0.15, 0.2) is 43.0 Å². The van der Waals surface area contributed by atoms with Crippen LogP contribution in [-0.2, 0) is 13.1 Å². The van der Waals surface area contributed by atoms with Crippen LogP contribution in [0.2, 0.25) is 5.02 Å². The molecule has 1 aromatic carbocycles. The van der Waals surface area contributed by atoms with Crippen molar-refractivity contribution in [2.45, 2.75) is 13.1 Å². The highest BCUT2D eigenvalue weighted by molar-refractivity contribution is 6.30. The molecule has 1 fully saturated rings. The van der Waals surface area contributed by atoms with Crippen molar-refractivity contribution in [3.05, 3.63) is 53.6 Å². The molecule has 0 unspecified atom stereocenters. The molecule has 3 rings (SSSR count). The van der Waals surface area contributed by atoms with Crippen LogP contribution in [0.25, 0.3) is 0 Å². The Morgan fingerprint density at radius 2 is 1.88 bits per heavy atom. The predicted octanol–water partition coefficient (Wildman–Crippen LogP) is 2.06. The summed E-state index contributed by atoms with van der Waals surface area (Å²) in [4.78, 5) is 20.6. The number of rotatable bonds is 5. The Kier molecular flexibility index (Phi) is 5.72. The van der Waals surface area contributed by atoms with Gasteiger partial charge in [-0.3, -0.25) is 4.90 Å². The van der Waals surface area contributed by atoms with Crippen molar-refractivity contribution in [2.24, 2.45) is 0 Å². The minimum Gasteiger partial charge on any atom is -0.336 e. The number of urea groups is 1. The van der Waals surface area contributed by atoms with Crippen LogP contribution in [0, 0.1) is 0 Å². The van der Waals surface area contributed by atoms with Crippen molar-refractivity contribution >= 4 is 17.6 Å². The van der Waals surface area contributed by atoms with E-state index in [9.17, 15) is 4.79 Å². The zero-order chi connectivity index (χ0) is 16.8. The molecule has 1 aromatic heterocycles. The smallest absolute Gasteiger partial charge is 0.317 e. The van der Waals surface area contributed by atoms with Crippen molar-refractivity contribution in [1.29, 1.82) is 0 Å². The average molecular weight is 348 g/mol. The van der Waals surface area contributed by atoms with Crippen molar-refractivity contribution in [1.82, 2.24) is 24.7 Å². The van der Waals surface area contributed by atoms with Gasteiger partial charge < -0.3 is 14.8 Å². The lowest BCUT2D eigenvalue weighted by molar-refractivity contribution is 0.136. The number of nitrogens with zero attached hydrogens (tertiary/aromatic N) is 4. The van der Waals surface area contributed by atoms with Crippen molar-refractivity contribution in [3.8, 4) is 0 Å². The van der Waals surface area contributed by atoms with Gasteiger partial charge in [0.25, 0.3) is 0 Å². The number of halogens is 1. The van der Waals surface area contributed by atoms with Crippen LogP contribution >= 0.6 is 11.6 Å². The molecule has 1 aliphatic heterocycles. The van der Waals surface area contributed by atoms with Gasteiger partial charge in [0, 0.05) is 63.2 Å². The summed E-state index contributed by atoms with van der Waals surface area (Å²) in [6.07, 6.45) is 5.60. The Bertz CT molecular complexity index is 636. The highest BCUT2D eigenvalue weighted by Crippen LogP contribution is 2.09. The molecule has 0 spiro atoms. The van der Waals surface area contributed by atoms with E-state index in [0.29, 0.717) is 11.6 Å². The van der Waals surface area contributed by atoms with Crippen molar-refractivity contribution in [2.75, 3.05) is 32.7 Å². The van der Waals surface area contributed by atoms with Crippen LogP contribution in [0.1, 0.15) is 5.56 Å². The lowest BCUT2D eigenvalue weighted by Crippen LogP contribution is -2.52. The standard InChI is InChI=1S/C17H22ClN5O/c18-16-3-1-15(2-4-16)13-20-17(24)23-11-9-21(10-12-23)7-8-22-6-5-19-14-22/h1-6,14H,7-13H2,(H,20,24). The zero-order valence-electron chi connectivity index (χ0n) is 13.6. The number of aromatic nitrogens is 2. The molecule has 24 heavy (non-hydrogen) atoms. The Labute approximate surface area is 147 Å². The largest absolute Gasteiger partial charge is 0.336 e. The Hall–Kier alpha value is -2.05. The minimum absolute atomic E-state index is 0.000732. The van der Waals surface area contributed by atoms with Gasteiger partial charge in [-0.15, -0.1) is 0 Å². The number of carbonyl (C=O) groups is 1. The van der Waals surface area contributed by atoms with Gasteiger partial charge in [-0.05, 0) is 17.7 Å². The summed E-state index contributed by atoms with van der Waals surface area (Å²) in [5.41, 5.74) is 1.05. The lowest BCUT2D eigenvalue weighted by atomic mass is 10.2. The van der Waals surface area contributed by atoms with Gasteiger partial charge in [0.05, 0.1) is 6.33 Å². The number of nitrogens with one attached hydrogen (secondary N) is 1. The molecule has 2 heterocycles. The maximum absolute atomic E-state index is 12.2. The van der Waals surface area contributed by atoms with Gasteiger partial charge in [0.1, 0.15) is 0 Å². The summed E-state index contributed by atoms with van der Waals surface area (Å²) in [7, 11) is 0. The van der Waals surface area contributed by atoms with E-state index in [0.717, 1.165) is 44.8 Å². The Morgan fingerprint density at radius 3 is 2.54 bits per heavy atom. The number of piperazine rings is 1. The first kappa shape index (κ1) is 16.8. The number of imidazole rings is 1. The van der Waals surface area contributed by atoms with Crippen LogP contribution in [0.3, 0.4) is 0 Å². The topological polar surface area (TPSA) is 53.4 Å². The van der Waals surface area contributed by atoms with Gasteiger partial charge >= 0.3 is 6.03 Å². The fourth-order valence-corrected chi connectivity index (χ4v) is 2.87. The molecule has 1 N–H and O–H groups in total. The monoisotopic (exact) mass is 347 g/mol. The number of amides is 2. The zero-order valence-corrected chi connectivity index (χ0v) is 14.3. The molecule has 1 aliphatic rings. The van der Waals surface area contributed by atoms with E-state index in [1.165, 1.54) is 0 Å². The molecule has 2 aromatic rings. The molecule has 2 amide bonds. The Balaban J connectivity index is 1.37. The summed E-state index contributed by atoms with van der Waals surface area (Å²) < 4.78 is 2.07. The first-order valence-electron chi connectivity index (χ1n) is 8.16. The fraction of sp³-hybridized carbons (Fsp3) is 0.412. The maximum Gasteiger partial charge on any atom is 0.317 e. The molecular weight excluding hydrogens is 326 g/mol. The molecule has 0 saturated carbocycles. The molecule has 7 heteroatoms. The average Bonchev–Trinajstić information content (AvgIpc) is 3.13. The second kappa shape index (κ2) is 8.17. The lowest BCUT2D eigenvalue weighted by Gasteiger charge is -2.34. The van der Waals surface area contributed by atoms with Gasteiger partial charge in [-0.25, -0.2) is 9.78 Å². The maximum atomic E-state index is 12.2. The minimum atomic E-state index is -0.000732. The summed E-state index contributed by atoms with van der Waals surface area (Å²) in [6, 6.07) is 7.52. The van der Waals surface area contributed by atoms with Gasteiger partial charge in [0.15, 0.2) is 0 Å². The first-order chi connectivity index (χ1) is 11.7. The van der Waals surface area contributed by atoms with E-state index in [1.807, 2.05) is 41.7 Å². The van der Waals surface area contributed by atoms with Crippen LogP contribution < -0.4 is 5.32 Å².